The molecular weight excluding hydrogens is 416 g/mol. The lowest BCUT2D eigenvalue weighted by Gasteiger charge is -2.53. The molecule has 0 radical (unpaired) electrons. The van der Waals surface area contributed by atoms with Crippen molar-refractivity contribution in [3.05, 3.63) is 23.8 Å². The van der Waals surface area contributed by atoms with Crippen LogP contribution in [-0.4, -0.2) is 54.3 Å². The van der Waals surface area contributed by atoms with E-state index in [0.717, 1.165) is 31.2 Å². The molecule has 3 nitrogen and oxygen atoms in total. The van der Waals surface area contributed by atoms with Gasteiger partial charge in [-0.25, -0.2) is 0 Å². The predicted molar refractivity (Wildman–Crippen MR) is 142 cm³/mol. The monoisotopic (exact) mass is 466 g/mol. The van der Waals surface area contributed by atoms with Gasteiger partial charge in [-0.1, -0.05) is 62.3 Å². The summed E-state index contributed by atoms with van der Waals surface area (Å²) < 4.78 is 0. The topological polar surface area (TPSA) is 23.6 Å². The van der Waals surface area contributed by atoms with Crippen molar-refractivity contribution in [1.82, 2.24) is 9.80 Å². The second-order valence-electron chi connectivity index (χ2n) is 12.2. The summed E-state index contributed by atoms with van der Waals surface area (Å²) in [4.78, 5) is 18.9. The first-order valence-electron chi connectivity index (χ1n) is 15.1. The maximum Gasteiger partial charge on any atom is 0.138 e. The van der Waals surface area contributed by atoms with E-state index in [1.54, 1.807) is 5.57 Å². The first-order valence-corrected chi connectivity index (χ1v) is 15.1. The Morgan fingerprint density at radius 1 is 0.706 bits per heavy atom. The van der Waals surface area contributed by atoms with Gasteiger partial charge in [0.05, 0.1) is 0 Å². The van der Waals surface area contributed by atoms with Gasteiger partial charge in [0.2, 0.25) is 0 Å². The third kappa shape index (κ3) is 6.06. The normalized spacial score (nSPS) is 40.0. The van der Waals surface area contributed by atoms with E-state index in [1.165, 1.54) is 116 Å². The second kappa shape index (κ2) is 12.3. The van der Waals surface area contributed by atoms with Crippen LogP contribution in [0, 0.1) is 23.7 Å². The van der Waals surface area contributed by atoms with E-state index in [0.29, 0.717) is 23.7 Å². The van der Waals surface area contributed by atoms with Gasteiger partial charge >= 0.3 is 0 Å². The van der Waals surface area contributed by atoms with Crippen LogP contribution in [0.4, 0.5) is 0 Å². The average Bonchev–Trinajstić information content (AvgIpc) is 2.85. The molecule has 1 aliphatic carbocycles. The van der Waals surface area contributed by atoms with Gasteiger partial charge in [-0.05, 0) is 88.6 Å². The molecule has 4 unspecified atom stereocenters. The molecule has 0 spiro atoms. The van der Waals surface area contributed by atoms with E-state index < -0.39 is 0 Å². The number of nitrogens with zero attached hydrogens (tertiary/aromatic N) is 2. The first kappa shape index (κ1) is 24.8. The van der Waals surface area contributed by atoms with Crippen LogP contribution in [0.5, 0.6) is 0 Å². The third-order valence-corrected chi connectivity index (χ3v) is 9.96. The van der Waals surface area contributed by atoms with Gasteiger partial charge in [0.25, 0.3) is 0 Å². The van der Waals surface area contributed by atoms with Gasteiger partial charge in [-0.2, -0.15) is 0 Å². The minimum absolute atomic E-state index is 0.321. The molecule has 3 heteroatoms. The Bertz CT molecular complexity index is 727. The summed E-state index contributed by atoms with van der Waals surface area (Å²) in [5.41, 5.74) is 1.74. The molecule has 0 aromatic heterocycles. The van der Waals surface area contributed by atoms with Gasteiger partial charge in [-0.3, -0.25) is 14.6 Å². The number of carbonyl (C=O) groups is 1. The number of piperidine rings is 2. The van der Waals surface area contributed by atoms with Gasteiger partial charge in [0.15, 0.2) is 0 Å². The predicted octanol–water partition coefficient (Wildman–Crippen LogP) is 6.79. The summed E-state index contributed by atoms with van der Waals surface area (Å²) in [6.45, 7) is 6.01. The van der Waals surface area contributed by atoms with E-state index in [4.69, 9.17) is 0 Å². The Labute approximate surface area is 209 Å². The molecule has 5 rings (SSSR count). The lowest BCUT2D eigenvalue weighted by molar-refractivity contribution is -0.135. The van der Waals surface area contributed by atoms with Crippen molar-refractivity contribution in [3.8, 4) is 0 Å². The first-order chi connectivity index (χ1) is 16.8. The molecule has 2 fully saturated rings. The van der Waals surface area contributed by atoms with Crippen LogP contribution >= 0.6 is 0 Å². The van der Waals surface area contributed by atoms with Crippen molar-refractivity contribution in [3.63, 3.8) is 0 Å². The maximum absolute atomic E-state index is 13.3. The average molecular weight is 467 g/mol. The van der Waals surface area contributed by atoms with Crippen molar-refractivity contribution in [2.45, 2.75) is 109 Å². The van der Waals surface area contributed by atoms with E-state index in [-0.39, 0.29) is 0 Å². The molecule has 6 bridgehead atoms. The molecule has 4 aliphatic heterocycles. The molecule has 0 amide bonds. The minimum atomic E-state index is 0.321. The fraction of sp³-hybridized carbons (Fsp3) is 0.839. The molecule has 0 aromatic carbocycles. The largest absolute Gasteiger partial charge is 0.299 e. The quantitative estimate of drug-likeness (QED) is 0.367. The third-order valence-electron chi connectivity index (χ3n) is 9.96. The summed E-state index contributed by atoms with van der Waals surface area (Å²) in [6, 6.07) is 0.537. The van der Waals surface area contributed by atoms with Crippen LogP contribution in [-0.2, 0) is 4.79 Å². The molecular formula is C31H50N2O. The van der Waals surface area contributed by atoms with Gasteiger partial charge < -0.3 is 0 Å². The van der Waals surface area contributed by atoms with Crippen molar-refractivity contribution in [2.75, 3.05) is 32.7 Å². The minimum Gasteiger partial charge on any atom is -0.299 e. The second-order valence-corrected chi connectivity index (χ2v) is 12.2. The van der Waals surface area contributed by atoms with Crippen molar-refractivity contribution < 1.29 is 4.79 Å². The lowest BCUT2D eigenvalue weighted by atomic mass is 9.64. The Morgan fingerprint density at radius 2 is 1.50 bits per heavy atom. The van der Waals surface area contributed by atoms with Crippen LogP contribution in [0.1, 0.15) is 103 Å². The highest BCUT2D eigenvalue weighted by Gasteiger charge is 2.48. The standard InChI is InChI=1S/C31H50N2O/c34-30-18-21-33-20-17-27-26-22-25-14-10-7-8-12-16-29(30)31(33)28(27)15-11-6-4-2-1-3-5-9-13-19-32(23-25)24-26/h3,5,22,26-29,31H,1-2,4,6-21,23-24H2/b5-3-/t26?,27?,28?,29-,31+/m0/s1. The lowest BCUT2D eigenvalue weighted by Crippen LogP contribution is -2.59. The Hall–Kier alpha value is -0.930. The zero-order valence-corrected chi connectivity index (χ0v) is 21.8. The number of allylic oxidation sites excluding steroid dienone is 2. The van der Waals surface area contributed by atoms with Gasteiger partial charge in [0, 0.05) is 38.0 Å². The zero-order chi connectivity index (χ0) is 23.2. The smallest absolute Gasteiger partial charge is 0.138 e. The molecule has 2 saturated heterocycles. The summed E-state index contributed by atoms with van der Waals surface area (Å²) in [5, 5.41) is 0. The molecule has 190 valence electrons. The number of fused-ring (bicyclic) bond motifs is 1. The summed E-state index contributed by atoms with van der Waals surface area (Å²) >= 11 is 0. The molecule has 0 saturated carbocycles. The molecule has 0 N–H and O–H groups in total. The van der Waals surface area contributed by atoms with Crippen LogP contribution in [0.2, 0.25) is 0 Å². The Morgan fingerprint density at radius 3 is 2.41 bits per heavy atom. The highest BCUT2D eigenvalue weighted by molar-refractivity contribution is 5.82. The SMILES string of the molecule is O=C1CCN2CCC3C4C=C5CCCCCC[C@@H]1[C@H]2C3CCCCCC/C=C\CCCN(C5)C4. The van der Waals surface area contributed by atoms with E-state index in [1.807, 2.05) is 0 Å². The fourth-order valence-electron chi connectivity index (χ4n) is 8.28. The van der Waals surface area contributed by atoms with Crippen LogP contribution < -0.4 is 0 Å². The number of rotatable bonds is 0. The summed E-state index contributed by atoms with van der Waals surface area (Å²) in [7, 11) is 0. The highest BCUT2D eigenvalue weighted by atomic mass is 16.1. The summed E-state index contributed by atoms with van der Waals surface area (Å²) in [5.74, 6) is 3.14. The van der Waals surface area contributed by atoms with E-state index in [9.17, 15) is 4.79 Å². The zero-order valence-electron chi connectivity index (χ0n) is 21.8. The van der Waals surface area contributed by atoms with Crippen LogP contribution in [0.15, 0.2) is 23.8 Å². The Kier molecular flexibility index (Phi) is 8.99. The van der Waals surface area contributed by atoms with Gasteiger partial charge in [0.1, 0.15) is 5.78 Å². The number of hydrogen-bond donors (Lipinski definition) is 0. The molecule has 5 aliphatic rings. The summed E-state index contributed by atoms with van der Waals surface area (Å²) in [6.07, 6.45) is 28.2. The molecule has 0 aromatic rings. The highest BCUT2D eigenvalue weighted by Crippen LogP contribution is 2.45. The molecule has 4 heterocycles. The van der Waals surface area contributed by atoms with Crippen LogP contribution in [0.3, 0.4) is 0 Å². The fourth-order valence-corrected chi connectivity index (χ4v) is 8.28. The van der Waals surface area contributed by atoms with E-state index >= 15 is 0 Å². The van der Waals surface area contributed by atoms with Crippen molar-refractivity contribution >= 4 is 5.78 Å². The number of Topliss-reactive ketones (excluding diaryl/α,β-unsaturated/α-hetero) is 1. The Balaban J connectivity index is 1.45. The van der Waals surface area contributed by atoms with Crippen molar-refractivity contribution in [2.24, 2.45) is 23.7 Å². The van der Waals surface area contributed by atoms with Gasteiger partial charge in [-0.15, -0.1) is 0 Å². The van der Waals surface area contributed by atoms with E-state index in [2.05, 4.69) is 28.0 Å². The maximum atomic E-state index is 13.3. The van der Waals surface area contributed by atoms with Crippen molar-refractivity contribution in [1.29, 1.82) is 0 Å². The van der Waals surface area contributed by atoms with Crippen LogP contribution in [0.25, 0.3) is 0 Å². The number of hydrogen-bond acceptors (Lipinski definition) is 3. The number of carbonyl (C=O) groups excluding carboxylic acids is 1. The number of ketones is 1. The molecule has 6 atom stereocenters. The molecule has 34 heavy (non-hydrogen) atoms.